The third-order valence-corrected chi connectivity index (χ3v) is 3.72. The van der Waals surface area contributed by atoms with E-state index >= 15 is 0 Å². The number of ketones is 1. The average molecular weight is 387 g/mol. The maximum Gasteiger partial charge on any atom is 0.215 e. The minimum absolute atomic E-state index is 0.0705. The molecule has 98 valence electrons. The Bertz CT molecular complexity index is 647. The average Bonchev–Trinajstić information content (AvgIpc) is 2.26. The predicted molar refractivity (Wildman–Crippen MR) is 78.9 cm³/mol. The van der Waals surface area contributed by atoms with Crippen molar-refractivity contribution in [1.29, 1.82) is 0 Å². The third kappa shape index (κ3) is 2.92. The van der Waals surface area contributed by atoms with E-state index in [-0.39, 0.29) is 11.3 Å². The van der Waals surface area contributed by atoms with Crippen LogP contribution in [0.15, 0.2) is 33.3 Å². The number of aryl methyl sites for hydroxylation is 2. The molecule has 0 atom stereocenters. The number of rotatable bonds is 2. The van der Waals surface area contributed by atoms with Crippen LogP contribution in [0.25, 0.3) is 0 Å². The van der Waals surface area contributed by atoms with Crippen LogP contribution in [0, 0.1) is 19.7 Å². The van der Waals surface area contributed by atoms with Gasteiger partial charge in [0.15, 0.2) is 0 Å². The summed E-state index contributed by atoms with van der Waals surface area (Å²) in [5, 5.41) is 0. The van der Waals surface area contributed by atoms with Gasteiger partial charge in [-0.1, -0.05) is 6.07 Å². The molecule has 0 fully saturated rings. The number of hydrogen-bond donors (Lipinski definition) is 0. The molecule has 2 nitrogen and oxygen atoms in total. The van der Waals surface area contributed by atoms with Crippen LogP contribution in [0.1, 0.15) is 27.2 Å². The van der Waals surface area contributed by atoms with E-state index in [0.717, 1.165) is 10.0 Å². The van der Waals surface area contributed by atoms with Crippen molar-refractivity contribution in [3.8, 4) is 0 Å². The monoisotopic (exact) mass is 385 g/mol. The number of carbonyl (C=O) groups is 1. The molecule has 0 amide bonds. The second kappa shape index (κ2) is 5.51. The molecule has 1 heterocycles. The van der Waals surface area contributed by atoms with Crippen LogP contribution < -0.4 is 0 Å². The number of aromatic nitrogens is 1. The molecular weight excluding hydrogens is 377 g/mol. The quantitative estimate of drug-likeness (QED) is 0.706. The number of nitrogens with zero attached hydrogens (tertiary/aromatic N) is 1. The van der Waals surface area contributed by atoms with Gasteiger partial charge >= 0.3 is 0 Å². The molecule has 0 aliphatic heterocycles. The summed E-state index contributed by atoms with van der Waals surface area (Å²) in [7, 11) is 0. The molecule has 0 bridgehead atoms. The minimum Gasteiger partial charge on any atom is -0.287 e. The van der Waals surface area contributed by atoms with Crippen LogP contribution in [0.2, 0.25) is 0 Å². The molecule has 2 aromatic rings. The van der Waals surface area contributed by atoms with Gasteiger partial charge in [0.2, 0.25) is 5.78 Å². The fourth-order valence-corrected chi connectivity index (χ4v) is 3.07. The van der Waals surface area contributed by atoms with Gasteiger partial charge in [-0.3, -0.25) is 9.78 Å². The van der Waals surface area contributed by atoms with Crippen molar-refractivity contribution in [2.45, 2.75) is 13.8 Å². The maximum atomic E-state index is 14.0. The van der Waals surface area contributed by atoms with Gasteiger partial charge in [0, 0.05) is 15.1 Å². The van der Waals surface area contributed by atoms with Crippen molar-refractivity contribution in [2.24, 2.45) is 0 Å². The van der Waals surface area contributed by atoms with Crippen LogP contribution >= 0.6 is 31.9 Å². The highest BCUT2D eigenvalue weighted by Gasteiger charge is 2.20. The van der Waals surface area contributed by atoms with Crippen LogP contribution in [0.5, 0.6) is 0 Å². The lowest BCUT2D eigenvalue weighted by molar-refractivity contribution is 0.102. The molecule has 1 aromatic heterocycles. The standard InChI is InChI=1S/C14H10Br2FNO/c1-7-3-8(2)12(11(17)4-7)14(19)13-10(16)5-9(15)6-18-13/h3-6H,1-2H3. The summed E-state index contributed by atoms with van der Waals surface area (Å²) in [6.45, 7) is 3.51. The second-order valence-corrected chi connectivity index (χ2v) is 6.02. The largest absolute Gasteiger partial charge is 0.287 e. The fraction of sp³-hybridized carbons (Fsp3) is 0.143. The SMILES string of the molecule is Cc1cc(C)c(C(=O)c2ncc(Br)cc2Br)c(F)c1. The van der Waals surface area contributed by atoms with Crippen LogP contribution in [0.3, 0.4) is 0 Å². The third-order valence-electron chi connectivity index (χ3n) is 2.68. The Morgan fingerprint density at radius 3 is 2.47 bits per heavy atom. The van der Waals surface area contributed by atoms with Crippen molar-refractivity contribution in [1.82, 2.24) is 4.98 Å². The van der Waals surface area contributed by atoms with Gasteiger partial charge in [0.1, 0.15) is 11.5 Å². The molecule has 19 heavy (non-hydrogen) atoms. The summed E-state index contributed by atoms with van der Waals surface area (Å²) in [5.41, 5.74) is 1.67. The van der Waals surface area contributed by atoms with Gasteiger partial charge in [-0.25, -0.2) is 4.39 Å². The number of hydrogen-bond acceptors (Lipinski definition) is 2. The van der Waals surface area contributed by atoms with Crippen LogP contribution in [0.4, 0.5) is 4.39 Å². The fourth-order valence-electron chi connectivity index (χ4n) is 1.90. The molecule has 0 unspecified atom stereocenters. The lowest BCUT2D eigenvalue weighted by Gasteiger charge is -2.08. The second-order valence-electron chi connectivity index (χ2n) is 4.25. The highest BCUT2D eigenvalue weighted by molar-refractivity contribution is 9.11. The molecular formula is C14H10Br2FNO. The summed E-state index contributed by atoms with van der Waals surface area (Å²) in [6.07, 6.45) is 1.51. The van der Waals surface area contributed by atoms with Crippen molar-refractivity contribution in [2.75, 3.05) is 0 Å². The van der Waals surface area contributed by atoms with E-state index in [2.05, 4.69) is 36.8 Å². The zero-order valence-corrected chi connectivity index (χ0v) is 13.5. The van der Waals surface area contributed by atoms with E-state index < -0.39 is 11.6 Å². The Balaban J connectivity index is 2.56. The van der Waals surface area contributed by atoms with Gasteiger partial charge in [0.25, 0.3) is 0 Å². The lowest BCUT2D eigenvalue weighted by atomic mass is 9.99. The van der Waals surface area contributed by atoms with E-state index in [1.165, 1.54) is 12.3 Å². The molecule has 2 rings (SSSR count). The van der Waals surface area contributed by atoms with E-state index in [0.29, 0.717) is 10.0 Å². The number of carbonyl (C=O) groups excluding carboxylic acids is 1. The van der Waals surface area contributed by atoms with Crippen LogP contribution in [-0.4, -0.2) is 10.8 Å². The summed E-state index contributed by atoms with van der Waals surface area (Å²) < 4.78 is 15.3. The number of halogens is 3. The molecule has 0 aliphatic rings. The smallest absolute Gasteiger partial charge is 0.215 e. The van der Waals surface area contributed by atoms with Crippen molar-refractivity contribution < 1.29 is 9.18 Å². The number of benzene rings is 1. The van der Waals surface area contributed by atoms with Gasteiger partial charge in [-0.05, 0) is 69.0 Å². The molecule has 0 saturated carbocycles. The molecule has 0 saturated heterocycles. The van der Waals surface area contributed by atoms with Crippen molar-refractivity contribution in [3.05, 3.63) is 61.5 Å². The molecule has 0 aliphatic carbocycles. The van der Waals surface area contributed by atoms with Gasteiger partial charge in [-0.15, -0.1) is 0 Å². The van der Waals surface area contributed by atoms with Gasteiger partial charge < -0.3 is 0 Å². The highest BCUT2D eigenvalue weighted by Crippen LogP contribution is 2.25. The van der Waals surface area contributed by atoms with Crippen molar-refractivity contribution in [3.63, 3.8) is 0 Å². The molecule has 1 aromatic carbocycles. The summed E-state index contributed by atoms with van der Waals surface area (Å²) >= 11 is 6.54. The predicted octanol–water partition coefficient (Wildman–Crippen LogP) is 4.59. The minimum atomic E-state index is -0.515. The van der Waals surface area contributed by atoms with Crippen LogP contribution in [-0.2, 0) is 0 Å². The van der Waals surface area contributed by atoms with Crippen molar-refractivity contribution >= 4 is 37.6 Å². The normalized spacial score (nSPS) is 10.6. The zero-order valence-electron chi connectivity index (χ0n) is 10.3. The van der Waals surface area contributed by atoms with E-state index in [4.69, 9.17) is 0 Å². The number of pyridine rings is 1. The van der Waals surface area contributed by atoms with E-state index in [1.807, 2.05) is 0 Å². The molecule has 0 radical (unpaired) electrons. The molecule has 0 N–H and O–H groups in total. The van der Waals surface area contributed by atoms with E-state index in [1.54, 1.807) is 26.0 Å². The highest BCUT2D eigenvalue weighted by atomic mass is 79.9. The first-order valence-electron chi connectivity index (χ1n) is 5.52. The van der Waals surface area contributed by atoms with E-state index in [9.17, 15) is 9.18 Å². The molecule has 0 spiro atoms. The first-order valence-corrected chi connectivity index (χ1v) is 7.11. The first kappa shape index (κ1) is 14.3. The topological polar surface area (TPSA) is 30.0 Å². The Morgan fingerprint density at radius 2 is 1.89 bits per heavy atom. The van der Waals surface area contributed by atoms with Gasteiger partial charge in [-0.2, -0.15) is 0 Å². The Hall–Kier alpha value is -1.07. The Morgan fingerprint density at radius 1 is 1.21 bits per heavy atom. The summed E-state index contributed by atoms with van der Waals surface area (Å²) in [6, 6.07) is 4.84. The Kier molecular flexibility index (Phi) is 4.16. The first-order chi connectivity index (χ1) is 8.90. The van der Waals surface area contributed by atoms with Gasteiger partial charge in [0.05, 0.1) is 5.56 Å². The summed E-state index contributed by atoms with van der Waals surface area (Å²) in [4.78, 5) is 16.4. The Labute approximate surface area is 127 Å². The maximum absolute atomic E-state index is 14.0. The lowest BCUT2D eigenvalue weighted by Crippen LogP contribution is -2.10. The zero-order chi connectivity index (χ0) is 14.2. The molecule has 5 heteroatoms. The summed E-state index contributed by atoms with van der Waals surface area (Å²) in [5.74, 6) is -0.937.